The van der Waals surface area contributed by atoms with E-state index in [2.05, 4.69) is 50.4 Å². The SMILES string of the molecule is CC(C)CNC(=O)[C@@H]1Cn2ccnc2C2(CCN(Cc3ccsc3)CC2)O1. The zero-order valence-electron chi connectivity index (χ0n) is 16.1. The van der Waals surface area contributed by atoms with Gasteiger partial charge >= 0.3 is 0 Å². The fourth-order valence-electron chi connectivity index (χ4n) is 4.01. The highest BCUT2D eigenvalue weighted by Crippen LogP contribution is 2.40. The Bertz CT molecular complexity index is 763. The molecule has 4 heterocycles. The summed E-state index contributed by atoms with van der Waals surface area (Å²) in [7, 11) is 0. The fourth-order valence-corrected chi connectivity index (χ4v) is 4.67. The second-order valence-corrected chi connectivity index (χ2v) is 8.83. The largest absolute Gasteiger partial charge is 0.354 e. The molecule has 1 N–H and O–H groups in total. The van der Waals surface area contributed by atoms with E-state index >= 15 is 0 Å². The third-order valence-electron chi connectivity index (χ3n) is 5.48. The van der Waals surface area contributed by atoms with Crippen molar-refractivity contribution in [2.75, 3.05) is 19.6 Å². The van der Waals surface area contributed by atoms with Crippen LogP contribution in [0, 0.1) is 5.92 Å². The highest BCUT2D eigenvalue weighted by molar-refractivity contribution is 7.07. The minimum absolute atomic E-state index is 0.0110. The molecule has 0 radical (unpaired) electrons. The van der Waals surface area contributed by atoms with Gasteiger partial charge in [-0.3, -0.25) is 9.69 Å². The topological polar surface area (TPSA) is 59.4 Å². The molecule has 6 nitrogen and oxygen atoms in total. The molecule has 1 spiro atoms. The smallest absolute Gasteiger partial charge is 0.251 e. The van der Waals surface area contributed by atoms with Crippen LogP contribution in [0.4, 0.5) is 0 Å². The third kappa shape index (κ3) is 3.95. The molecule has 1 amide bonds. The van der Waals surface area contributed by atoms with Crippen molar-refractivity contribution in [3.63, 3.8) is 0 Å². The monoisotopic (exact) mass is 388 g/mol. The number of hydrogen-bond donors (Lipinski definition) is 1. The van der Waals surface area contributed by atoms with Crippen molar-refractivity contribution in [2.45, 2.75) is 51.5 Å². The zero-order chi connectivity index (χ0) is 18.9. The number of piperidine rings is 1. The number of aromatic nitrogens is 2. The maximum atomic E-state index is 12.7. The summed E-state index contributed by atoms with van der Waals surface area (Å²) in [5, 5.41) is 7.37. The molecular weight excluding hydrogens is 360 g/mol. The Kier molecular flexibility index (Phi) is 5.34. The van der Waals surface area contributed by atoms with Crippen molar-refractivity contribution in [1.29, 1.82) is 0 Å². The molecule has 1 fully saturated rings. The number of fused-ring (bicyclic) bond motifs is 2. The van der Waals surface area contributed by atoms with E-state index in [4.69, 9.17) is 4.74 Å². The van der Waals surface area contributed by atoms with Crippen molar-refractivity contribution in [3.8, 4) is 0 Å². The van der Waals surface area contributed by atoms with E-state index < -0.39 is 11.7 Å². The predicted octanol–water partition coefficient (Wildman–Crippen LogP) is 2.61. The molecule has 0 bridgehead atoms. The number of carbonyl (C=O) groups excluding carboxylic acids is 1. The summed E-state index contributed by atoms with van der Waals surface area (Å²) in [6, 6.07) is 2.19. The Morgan fingerprint density at radius 3 is 2.96 bits per heavy atom. The van der Waals surface area contributed by atoms with Gasteiger partial charge in [-0.2, -0.15) is 11.3 Å². The standard InChI is InChI=1S/C20H28N4O2S/c1-15(2)11-22-18(25)17-13-24-9-6-21-19(24)20(26-17)4-7-23(8-5-20)12-16-3-10-27-14-16/h3,6,9-10,14-15,17H,4-5,7-8,11-13H2,1-2H3,(H,22,25)/t17-/m0/s1. The number of imidazole rings is 1. The average molecular weight is 389 g/mol. The van der Waals surface area contributed by atoms with Crippen molar-refractivity contribution in [3.05, 3.63) is 40.6 Å². The van der Waals surface area contributed by atoms with Crippen LogP contribution in [0.25, 0.3) is 0 Å². The predicted molar refractivity (Wildman–Crippen MR) is 105 cm³/mol. The van der Waals surface area contributed by atoms with E-state index in [0.29, 0.717) is 19.0 Å². The number of carbonyl (C=O) groups is 1. The molecule has 1 atom stereocenters. The van der Waals surface area contributed by atoms with Crippen LogP contribution in [-0.2, 0) is 28.2 Å². The van der Waals surface area contributed by atoms with Crippen molar-refractivity contribution >= 4 is 17.2 Å². The first-order valence-electron chi connectivity index (χ1n) is 9.76. The Hall–Kier alpha value is -1.70. The van der Waals surface area contributed by atoms with Crippen LogP contribution in [0.3, 0.4) is 0 Å². The number of nitrogens with zero attached hydrogens (tertiary/aromatic N) is 3. The highest BCUT2D eigenvalue weighted by Gasteiger charge is 2.47. The molecule has 0 aromatic carbocycles. The summed E-state index contributed by atoms with van der Waals surface area (Å²) in [5.74, 6) is 1.39. The van der Waals surface area contributed by atoms with Crippen LogP contribution >= 0.6 is 11.3 Å². The van der Waals surface area contributed by atoms with Gasteiger partial charge in [0, 0.05) is 38.6 Å². The first kappa shape index (κ1) is 18.7. The van der Waals surface area contributed by atoms with Gasteiger partial charge in [-0.15, -0.1) is 0 Å². The molecule has 0 unspecified atom stereocenters. The van der Waals surface area contributed by atoms with Gasteiger partial charge in [-0.1, -0.05) is 13.8 Å². The summed E-state index contributed by atoms with van der Waals surface area (Å²) >= 11 is 1.74. The fraction of sp³-hybridized carbons (Fsp3) is 0.600. The van der Waals surface area contributed by atoms with Gasteiger partial charge in [0.2, 0.25) is 0 Å². The summed E-state index contributed by atoms with van der Waals surface area (Å²) in [6.07, 6.45) is 5.07. The second-order valence-electron chi connectivity index (χ2n) is 8.05. The van der Waals surface area contributed by atoms with Gasteiger partial charge in [0.05, 0.1) is 6.54 Å². The number of hydrogen-bond acceptors (Lipinski definition) is 5. The molecule has 2 aromatic rings. The number of likely N-dealkylation sites (tertiary alicyclic amines) is 1. The summed E-state index contributed by atoms with van der Waals surface area (Å²) < 4.78 is 8.57. The molecular formula is C20H28N4O2S. The maximum absolute atomic E-state index is 12.7. The molecule has 7 heteroatoms. The second kappa shape index (κ2) is 7.73. The lowest BCUT2D eigenvalue weighted by molar-refractivity contribution is -0.173. The number of amides is 1. The minimum Gasteiger partial charge on any atom is -0.354 e. The Morgan fingerprint density at radius 1 is 1.44 bits per heavy atom. The molecule has 2 aliphatic rings. The van der Waals surface area contributed by atoms with E-state index in [9.17, 15) is 4.79 Å². The van der Waals surface area contributed by atoms with E-state index in [0.717, 1.165) is 38.3 Å². The highest BCUT2D eigenvalue weighted by atomic mass is 32.1. The lowest BCUT2D eigenvalue weighted by Crippen LogP contribution is -2.54. The Morgan fingerprint density at radius 2 is 2.26 bits per heavy atom. The van der Waals surface area contributed by atoms with Crippen molar-refractivity contribution in [1.82, 2.24) is 19.8 Å². The molecule has 4 rings (SSSR count). The van der Waals surface area contributed by atoms with Crippen LogP contribution in [0.15, 0.2) is 29.2 Å². The van der Waals surface area contributed by atoms with Gasteiger partial charge in [0.15, 0.2) is 6.10 Å². The lowest BCUT2D eigenvalue weighted by atomic mass is 9.88. The van der Waals surface area contributed by atoms with Gasteiger partial charge in [0.25, 0.3) is 5.91 Å². The van der Waals surface area contributed by atoms with Gasteiger partial charge in [0.1, 0.15) is 11.4 Å². The molecule has 0 saturated carbocycles. The maximum Gasteiger partial charge on any atom is 0.251 e. The number of nitrogens with one attached hydrogen (secondary N) is 1. The van der Waals surface area contributed by atoms with Gasteiger partial charge in [-0.05, 0) is 41.1 Å². The number of rotatable bonds is 5. The van der Waals surface area contributed by atoms with E-state index in [1.54, 1.807) is 11.3 Å². The van der Waals surface area contributed by atoms with Crippen LogP contribution in [0.2, 0.25) is 0 Å². The summed E-state index contributed by atoms with van der Waals surface area (Å²) in [5.41, 5.74) is 0.917. The van der Waals surface area contributed by atoms with Crippen molar-refractivity contribution in [2.24, 2.45) is 5.92 Å². The van der Waals surface area contributed by atoms with E-state index in [-0.39, 0.29) is 5.91 Å². The lowest BCUT2D eigenvalue weighted by Gasteiger charge is -2.45. The van der Waals surface area contributed by atoms with Crippen LogP contribution in [0.1, 0.15) is 38.1 Å². The first-order chi connectivity index (χ1) is 13.1. The number of thiophene rings is 1. The quantitative estimate of drug-likeness (QED) is 0.855. The summed E-state index contributed by atoms with van der Waals surface area (Å²) in [6.45, 7) is 8.29. The van der Waals surface area contributed by atoms with E-state index in [1.807, 2.05) is 12.4 Å². The average Bonchev–Trinajstić information content (AvgIpc) is 3.33. The van der Waals surface area contributed by atoms with Crippen LogP contribution in [0.5, 0.6) is 0 Å². The molecule has 2 aromatic heterocycles. The molecule has 1 saturated heterocycles. The molecule has 0 aliphatic carbocycles. The minimum atomic E-state index is -0.452. The third-order valence-corrected chi connectivity index (χ3v) is 6.21. The molecule has 27 heavy (non-hydrogen) atoms. The van der Waals surface area contributed by atoms with Crippen LogP contribution in [-0.4, -0.2) is 46.1 Å². The Balaban J connectivity index is 1.46. The molecule has 146 valence electrons. The number of ether oxygens (including phenoxy) is 1. The first-order valence-corrected chi connectivity index (χ1v) is 10.7. The van der Waals surface area contributed by atoms with Crippen LogP contribution < -0.4 is 5.32 Å². The Labute approximate surface area is 164 Å². The molecule has 2 aliphatic heterocycles. The van der Waals surface area contributed by atoms with Gasteiger partial charge in [-0.25, -0.2) is 4.98 Å². The van der Waals surface area contributed by atoms with E-state index in [1.165, 1.54) is 5.56 Å². The zero-order valence-corrected chi connectivity index (χ0v) is 16.9. The van der Waals surface area contributed by atoms with Gasteiger partial charge < -0.3 is 14.6 Å². The summed E-state index contributed by atoms with van der Waals surface area (Å²) in [4.78, 5) is 19.7. The normalized spacial score (nSPS) is 22.1. The van der Waals surface area contributed by atoms with Crippen molar-refractivity contribution < 1.29 is 9.53 Å².